The molecule has 0 radical (unpaired) electrons. The minimum atomic E-state index is -4.25. The summed E-state index contributed by atoms with van der Waals surface area (Å²) in [5.41, 5.74) is 4.48. The fraction of sp³-hybridized carbons (Fsp3) is 0.538. The summed E-state index contributed by atoms with van der Waals surface area (Å²) in [5.74, 6) is -2.34. The Hall–Kier alpha value is -1.21. The second-order valence-electron chi connectivity index (χ2n) is 5.54. The van der Waals surface area contributed by atoms with E-state index in [-0.39, 0.29) is 5.69 Å². The monoisotopic (exact) mass is 304 g/mol. The fourth-order valence-electron chi connectivity index (χ4n) is 2.65. The molecule has 0 unspecified atom stereocenters. The fourth-order valence-corrected chi connectivity index (χ4v) is 4.23. The number of sulfonamides is 1. The molecule has 0 bridgehead atoms. The first-order chi connectivity index (χ1) is 9.23. The van der Waals surface area contributed by atoms with Crippen LogP contribution in [0.5, 0.6) is 0 Å². The van der Waals surface area contributed by atoms with Crippen molar-refractivity contribution in [2.24, 2.45) is 0 Å². The Morgan fingerprint density at radius 1 is 1.15 bits per heavy atom. The van der Waals surface area contributed by atoms with Gasteiger partial charge < -0.3 is 5.73 Å². The number of halogens is 2. The van der Waals surface area contributed by atoms with Gasteiger partial charge in [0, 0.05) is 11.2 Å². The first-order valence-electron chi connectivity index (χ1n) is 6.52. The van der Waals surface area contributed by atoms with Crippen LogP contribution in [-0.4, -0.2) is 14.0 Å². The van der Waals surface area contributed by atoms with Gasteiger partial charge in [-0.1, -0.05) is 19.3 Å². The van der Waals surface area contributed by atoms with Gasteiger partial charge in [0.25, 0.3) is 0 Å². The highest BCUT2D eigenvalue weighted by Gasteiger charge is 2.34. The third-order valence-electron chi connectivity index (χ3n) is 3.63. The van der Waals surface area contributed by atoms with E-state index in [2.05, 4.69) is 4.72 Å². The number of anilines is 1. The zero-order valence-corrected chi connectivity index (χ0v) is 12.1. The maximum Gasteiger partial charge on any atom is 0.246 e. The van der Waals surface area contributed by atoms with Gasteiger partial charge in [-0.3, -0.25) is 0 Å². The number of nitrogens with two attached hydrogens (primary N) is 1. The molecule has 1 saturated carbocycles. The second kappa shape index (κ2) is 5.29. The summed E-state index contributed by atoms with van der Waals surface area (Å²) in [7, 11) is -4.25. The van der Waals surface area contributed by atoms with Crippen molar-refractivity contribution in [3.05, 3.63) is 23.8 Å². The molecule has 0 atom stereocenters. The summed E-state index contributed by atoms with van der Waals surface area (Å²) in [4.78, 5) is -0.960. The molecule has 0 aromatic heterocycles. The molecule has 0 amide bonds. The van der Waals surface area contributed by atoms with Crippen molar-refractivity contribution in [2.45, 2.75) is 49.5 Å². The normalized spacial score (nSPS) is 18.9. The van der Waals surface area contributed by atoms with E-state index in [0.717, 1.165) is 31.4 Å². The molecule has 1 aromatic carbocycles. The Bertz CT molecular complexity index is 588. The highest BCUT2D eigenvalue weighted by molar-refractivity contribution is 7.89. The van der Waals surface area contributed by atoms with E-state index >= 15 is 0 Å². The van der Waals surface area contributed by atoms with Crippen LogP contribution in [0.4, 0.5) is 14.5 Å². The van der Waals surface area contributed by atoms with Gasteiger partial charge in [-0.15, -0.1) is 0 Å². The lowest BCUT2D eigenvalue weighted by atomic mass is 9.84. The van der Waals surface area contributed by atoms with Crippen LogP contribution >= 0.6 is 0 Å². The van der Waals surface area contributed by atoms with E-state index in [1.165, 1.54) is 0 Å². The van der Waals surface area contributed by atoms with Gasteiger partial charge in [0.2, 0.25) is 10.0 Å². The number of nitrogens with one attached hydrogen (secondary N) is 1. The third kappa shape index (κ3) is 3.09. The van der Waals surface area contributed by atoms with E-state index < -0.39 is 32.1 Å². The average Bonchev–Trinajstić information content (AvgIpc) is 2.25. The summed E-state index contributed by atoms with van der Waals surface area (Å²) in [5, 5.41) is 0. The summed E-state index contributed by atoms with van der Waals surface area (Å²) in [6.07, 6.45) is 4.15. The highest BCUT2D eigenvalue weighted by atomic mass is 32.2. The molecule has 1 fully saturated rings. The van der Waals surface area contributed by atoms with Crippen molar-refractivity contribution in [3.63, 3.8) is 0 Å². The molecule has 20 heavy (non-hydrogen) atoms. The Balaban J connectivity index is 2.36. The second-order valence-corrected chi connectivity index (χ2v) is 7.16. The predicted molar refractivity (Wildman–Crippen MR) is 72.6 cm³/mol. The molecule has 0 spiro atoms. The van der Waals surface area contributed by atoms with Gasteiger partial charge in [-0.2, -0.15) is 0 Å². The van der Waals surface area contributed by atoms with Crippen LogP contribution in [0, 0.1) is 11.6 Å². The smallest absolute Gasteiger partial charge is 0.246 e. The molecule has 3 N–H and O–H groups in total. The SMILES string of the molecule is CC1(NS(=O)(=O)c2c(F)cc(N)cc2F)CCCCC1. The Labute approximate surface area is 117 Å². The van der Waals surface area contributed by atoms with Gasteiger partial charge in [-0.05, 0) is 31.9 Å². The first kappa shape index (κ1) is 15.2. The maximum atomic E-state index is 13.7. The summed E-state index contributed by atoms with van der Waals surface area (Å²) in [6, 6.07) is 1.61. The maximum absolute atomic E-state index is 13.7. The van der Waals surface area contributed by atoms with E-state index in [1.807, 2.05) is 0 Å². The molecule has 7 heteroatoms. The van der Waals surface area contributed by atoms with Crippen LogP contribution in [0.3, 0.4) is 0 Å². The van der Waals surface area contributed by atoms with Crippen LogP contribution < -0.4 is 10.5 Å². The van der Waals surface area contributed by atoms with Crippen molar-refractivity contribution < 1.29 is 17.2 Å². The van der Waals surface area contributed by atoms with E-state index in [1.54, 1.807) is 6.92 Å². The van der Waals surface area contributed by atoms with E-state index in [9.17, 15) is 17.2 Å². The molecule has 2 rings (SSSR count). The van der Waals surface area contributed by atoms with Crippen molar-refractivity contribution in [2.75, 3.05) is 5.73 Å². The van der Waals surface area contributed by atoms with Crippen LogP contribution in [0.1, 0.15) is 39.0 Å². The van der Waals surface area contributed by atoms with Crippen LogP contribution in [0.2, 0.25) is 0 Å². The largest absolute Gasteiger partial charge is 0.399 e. The topological polar surface area (TPSA) is 72.2 Å². The number of nitrogen functional groups attached to an aromatic ring is 1. The lowest BCUT2D eigenvalue weighted by molar-refractivity contribution is 0.293. The molecule has 0 saturated heterocycles. The third-order valence-corrected chi connectivity index (χ3v) is 5.32. The Morgan fingerprint density at radius 2 is 1.65 bits per heavy atom. The van der Waals surface area contributed by atoms with Gasteiger partial charge in [0.05, 0.1) is 0 Å². The molecular weight excluding hydrogens is 286 g/mol. The Morgan fingerprint density at radius 3 is 2.15 bits per heavy atom. The van der Waals surface area contributed by atoms with Crippen LogP contribution in [0.15, 0.2) is 17.0 Å². The molecule has 1 aliphatic rings. The molecule has 112 valence electrons. The number of benzene rings is 1. The van der Waals surface area contributed by atoms with Gasteiger partial charge in [0.15, 0.2) is 4.90 Å². The van der Waals surface area contributed by atoms with Crippen molar-refractivity contribution in [1.82, 2.24) is 4.72 Å². The standard InChI is InChI=1S/C13H18F2N2O2S/c1-13(5-3-2-4-6-13)17-20(18,19)12-10(14)7-9(16)8-11(12)15/h7-8,17H,2-6,16H2,1H3. The molecule has 0 heterocycles. The zero-order valence-electron chi connectivity index (χ0n) is 11.2. The molecule has 1 aromatic rings. The summed E-state index contributed by atoms with van der Waals surface area (Å²) in [6.45, 7) is 1.76. The summed E-state index contributed by atoms with van der Waals surface area (Å²) >= 11 is 0. The van der Waals surface area contributed by atoms with E-state index in [4.69, 9.17) is 5.73 Å². The first-order valence-corrected chi connectivity index (χ1v) is 8.00. The Kier molecular flexibility index (Phi) is 4.02. The average molecular weight is 304 g/mol. The molecule has 4 nitrogen and oxygen atoms in total. The lowest BCUT2D eigenvalue weighted by Gasteiger charge is -2.34. The minimum absolute atomic E-state index is 0.150. The zero-order chi connectivity index (χ0) is 15.0. The number of hydrogen-bond donors (Lipinski definition) is 2. The van der Waals surface area contributed by atoms with Crippen molar-refractivity contribution in [1.29, 1.82) is 0 Å². The minimum Gasteiger partial charge on any atom is -0.399 e. The quantitative estimate of drug-likeness (QED) is 0.843. The van der Waals surface area contributed by atoms with Crippen LogP contribution in [-0.2, 0) is 10.0 Å². The van der Waals surface area contributed by atoms with Crippen molar-refractivity contribution >= 4 is 15.7 Å². The molecule has 1 aliphatic carbocycles. The predicted octanol–water partition coefficient (Wildman–Crippen LogP) is 2.55. The van der Waals surface area contributed by atoms with Gasteiger partial charge in [0.1, 0.15) is 11.6 Å². The van der Waals surface area contributed by atoms with Gasteiger partial charge >= 0.3 is 0 Å². The van der Waals surface area contributed by atoms with Crippen molar-refractivity contribution in [3.8, 4) is 0 Å². The molecule has 0 aliphatic heterocycles. The molecular formula is C13H18F2N2O2S. The van der Waals surface area contributed by atoms with E-state index in [0.29, 0.717) is 12.8 Å². The van der Waals surface area contributed by atoms with Crippen LogP contribution in [0.25, 0.3) is 0 Å². The van der Waals surface area contributed by atoms with Gasteiger partial charge in [-0.25, -0.2) is 21.9 Å². The number of rotatable bonds is 3. The highest BCUT2D eigenvalue weighted by Crippen LogP contribution is 2.30. The number of hydrogen-bond acceptors (Lipinski definition) is 3. The lowest BCUT2D eigenvalue weighted by Crippen LogP contribution is -2.47. The summed E-state index contributed by atoms with van der Waals surface area (Å²) < 4.78 is 54.4.